The Morgan fingerprint density at radius 1 is 0.923 bits per heavy atom. The number of urea groups is 1. The second-order valence-electron chi connectivity index (χ2n) is 5.63. The molecule has 0 aliphatic heterocycles. The van der Waals surface area contributed by atoms with Crippen LogP contribution in [0.2, 0.25) is 5.02 Å². The third kappa shape index (κ3) is 3.38. The molecule has 26 heavy (non-hydrogen) atoms. The topological polar surface area (TPSA) is 67.2 Å². The average molecular weight is 364 g/mol. The SMILES string of the molecule is O=C(Nc1ccc2nc(-c3ccccc3)oc2c1)Nc1ccccc1Cl. The Labute approximate surface area is 154 Å². The molecule has 5 nitrogen and oxygen atoms in total. The van der Waals surface area contributed by atoms with Crippen LogP contribution in [0.25, 0.3) is 22.6 Å². The molecule has 0 bridgehead atoms. The highest BCUT2D eigenvalue weighted by atomic mass is 35.5. The largest absolute Gasteiger partial charge is 0.436 e. The van der Waals surface area contributed by atoms with Gasteiger partial charge in [-0.05, 0) is 36.4 Å². The standard InChI is InChI=1S/C20H14ClN3O2/c21-15-8-4-5-9-16(15)24-20(25)22-14-10-11-17-18(12-14)26-19(23-17)13-6-2-1-3-7-13/h1-12H,(H2,22,24,25). The van der Waals surface area contributed by atoms with Crippen molar-refractivity contribution in [1.29, 1.82) is 0 Å². The molecule has 0 saturated carbocycles. The van der Waals surface area contributed by atoms with E-state index < -0.39 is 0 Å². The maximum atomic E-state index is 12.2. The summed E-state index contributed by atoms with van der Waals surface area (Å²) in [7, 11) is 0. The van der Waals surface area contributed by atoms with Crippen LogP contribution >= 0.6 is 11.6 Å². The van der Waals surface area contributed by atoms with E-state index in [1.165, 1.54) is 0 Å². The minimum absolute atomic E-state index is 0.389. The highest BCUT2D eigenvalue weighted by molar-refractivity contribution is 6.33. The van der Waals surface area contributed by atoms with Crippen molar-refractivity contribution in [2.75, 3.05) is 10.6 Å². The van der Waals surface area contributed by atoms with E-state index >= 15 is 0 Å². The van der Waals surface area contributed by atoms with Crippen molar-refractivity contribution in [3.05, 3.63) is 77.8 Å². The van der Waals surface area contributed by atoms with Crippen molar-refractivity contribution in [3.63, 3.8) is 0 Å². The third-order valence-electron chi connectivity index (χ3n) is 3.79. The van der Waals surface area contributed by atoms with Crippen molar-refractivity contribution in [2.24, 2.45) is 0 Å². The van der Waals surface area contributed by atoms with Crippen LogP contribution in [-0.4, -0.2) is 11.0 Å². The van der Waals surface area contributed by atoms with E-state index in [-0.39, 0.29) is 6.03 Å². The second kappa shape index (κ2) is 6.90. The van der Waals surface area contributed by atoms with Gasteiger partial charge in [-0.3, -0.25) is 0 Å². The molecule has 6 heteroatoms. The monoisotopic (exact) mass is 363 g/mol. The van der Waals surface area contributed by atoms with Gasteiger partial charge in [-0.25, -0.2) is 9.78 Å². The molecule has 0 fully saturated rings. The van der Waals surface area contributed by atoms with Crippen molar-refractivity contribution in [2.45, 2.75) is 0 Å². The van der Waals surface area contributed by atoms with Gasteiger partial charge in [0.05, 0.1) is 10.7 Å². The van der Waals surface area contributed by atoms with Crippen LogP contribution in [0.1, 0.15) is 0 Å². The van der Waals surface area contributed by atoms with Crippen molar-refractivity contribution in [1.82, 2.24) is 4.98 Å². The first kappa shape index (κ1) is 16.2. The Hall–Kier alpha value is -3.31. The normalized spacial score (nSPS) is 10.7. The fourth-order valence-corrected chi connectivity index (χ4v) is 2.74. The number of aromatic nitrogens is 1. The maximum absolute atomic E-state index is 12.2. The molecule has 0 atom stereocenters. The van der Waals surface area contributed by atoms with Crippen LogP contribution in [0, 0.1) is 0 Å². The molecule has 0 aliphatic carbocycles. The highest BCUT2D eigenvalue weighted by Crippen LogP contribution is 2.26. The molecule has 4 rings (SSSR count). The van der Waals surface area contributed by atoms with Gasteiger partial charge in [0.25, 0.3) is 0 Å². The number of anilines is 2. The summed E-state index contributed by atoms with van der Waals surface area (Å²) in [5.41, 5.74) is 3.35. The molecule has 0 spiro atoms. The fourth-order valence-electron chi connectivity index (χ4n) is 2.55. The number of oxazole rings is 1. The smallest absolute Gasteiger partial charge is 0.323 e. The predicted octanol–water partition coefficient (Wildman–Crippen LogP) is 5.79. The van der Waals surface area contributed by atoms with E-state index in [0.717, 1.165) is 11.1 Å². The van der Waals surface area contributed by atoms with Crippen molar-refractivity contribution >= 4 is 40.1 Å². The molecule has 0 saturated heterocycles. The first-order valence-corrected chi connectivity index (χ1v) is 8.35. The van der Waals surface area contributed by atoms with E-state index in [4.69, 9.17) is 16.0 Å². The van der Waals surface area contributed by atoms with Crippen LogP contribution in [0.5, 0.6) is 0 Å². The quantitative estimate of drug-likeness (QED) is 0.484. The maximum Gasteiger partial charge on any atom is 0.323 e. The van der Waals surface area contributed by atoms with Gasteiger partial charge in [0.1, 0.15) is 5.52 Å². The Balaban J connectivity index is 1.54. The Morgan fingerprint density at radius 3 is 2.50 bits per heavy atom. The van der Waals surface area contributed by atoms with Gasteiger partial charge in [0.15, 0.2) is 5.58 Å². The number of nitrogens with one attached hydrogen (secondary N) is 2. The third-order valence-corrected chi connectivity index (χ3v) is 4.12. The Morgan fingerprint density at radius 2 is 1.69 bits per heavy atom. The minimum atomic E-state index is -0.389. The fraction of sp³-hybridized carbons (Fsp3) is 0. The van der Waals surface area contributed by atoms with E-state index in [9.17, 15) is 4.79 Å². The number of hydrogen-bond acceptors (Lipinski definition) is 3. The molecule has 0 aliphatic rings. The van der Waals surface area contributed by atoms with Gasteiger partial charge >= 0.3 is 6.03 Å². The predicted molar refractivity (Wildman–Crippen MR) is 104 cm³/mol. The van der Waals surface area contributed by atoms with Gasteiger partial charge in [-0.2, -0.15) is 0 Å². The van der Waals surface area contributed by atoms with Crippen molar-refractivity contribution in [3.8, 4) is 11.5 Å². The molecule has 3 aromatic carbocycles. The van der Waals surface area contributed by atoms with Crippen LogP contribution < -0.4 is 10.6 Å². The molecule has 1 aromatic heterocycles. The lowest BCUT2D eigenvalue weighted by Gasteiger charge is -2.08. The zero-order valence-corrected chi connectivity index (χ0v) is 14.3. The van der Waals surface area contributed by atoms with Gasteiger partial charge in [0, 0.05) is 17.3 Å². The number of rotatable bonds is 3. The number of para-hydroxylation sites is 1. The molecule has 2 N–H and O–H groups in total. The van der Waals surface area contributed by atoms with Gasteiger partial charge in [0.2, 0.25) is 5.89 Å². The lowest BCUT2D eigenvalue weighted by molar-refractivity contribution is 0.262. The summed E-state index contributed by atoms with van der Waals surface area (Å²) in [6, 6.07) is 21.6. The molecule has 1 heterocycles. The molecular weight excluding hydrogens is 350 g/mol. The van der Waals surface area contributed by atoms with Gasteiger partial charge in [-0.15, -0.1) is 0 Å². The molecular formula is C20H14ClN3O2. The summed E-state index contributed by atoms with van der Waals surface area (Å²) in [4.78, 5) is 16.6. The lowest BCUT2D eigenvalue weighted by Crippen LogP contribution is -2.19. The number of carbonyl (C=O) groups is 1. The second-order valence-corrected chi connectivity index (χ2v) is 6.03. The lowest BCUT2D eigenvalue weighted by atomic mass is 10.2. The summed E-state index contributed by atoms with van der Waals surface area (Å²) in [5, 5.41) is 5.94. The first-order chi connectivity index (χ1) is 12.7. The van der Waals surface area contributed by atoms with Gasteiger partial charge in [-0.1, -0.05) is 41.9 Å². The number of amides is 2. The molecule has 128 valence electrons. The number of halogens is 1. The molecule has 4 aromatic rings. The van der Waals surface area contributed by atoms with E-state index in [2.05, 4.69) is 15.6 Å². The molecule has 2 amide bonds. The van der Waals surface area contributed by atoms with Crippen LogP contribution in [0.3, 0.4) is 0 Å². The first-order valence-electron chi connectivity index (χ1n) is 7.97. The zero-order valence-electron chi connectivity index (χ0n) is 13.6. The zero-order chi connectivity index (χ0) is 17.9. The number of hydrogen-bond donors (Lipinski definition) is 2. The Kier molecular flexibility index (Phi) is 4.29. The summed E-state index contributed by atoms with van der Waals surface area (Å²) >= 11 is 6.04. The highest BCUT2D eigenvalue weighted by Gasteiger charge is 2.10. The summed E-state index contributed by atoms with van der Waals surface area (Å²) in [6.07, 6.45) is 0. The number of nitrogens with zero attached hydrogens (tertiary/aromatic N) is 1. The summed E-state index contributed by atoms with van der Waals surface area (Å²) in [5.74, 6) is 0.540. The van der Waals surface area contributed by atoms with E-state index in [1.54, 1.807) is 42.5 Å². The van der Waals surface area contributed by atoms with Gasteiger partial charge < -0.3 is 15.1 Å². The molecule has 0 radical (unpaired) electrons. The number of carbonyl (C=O) groups excluding carboxylic acids is 1. The van der Waals surface area contributed by atoms with Crippen molar-refractivity contribution < 1.29 is 9.21 Å². The number of benzene rings is 3. The van der Waals surface area contributed by atoms with E-state index in [0.29, 0.717) is 27.9 Å². The minimum Gasteiger partial charge on any atom is -0.436 e. The summed E-state index contributed by atoms with van der Waals surface area (Å²) < 4.78 is 5.81. The van der Waals surface area contributed by atoms with Crippen LogP contribution in [0.15, 0.2) is 77.2 Å². The Bertz CT molecular complexity index is 1080. The number of fused-ring (bicyclic) bond motifs is 1. The van der Waals surface area contributed by atoms with Crippen LogP contribution in [-0.2, 0) is 0 Å². The molecule has 0 unspecified atom stereocenters. The summed E-state index contributed by atoms with van der Waals surface area (Å²) in [6.45, 7) is 0. The average Bonchev–Trinajstić information content (AvgIpc) is 3.08. The van der Waals surface area contributed by atoms with Crippen LogP contribution in [0.4, 0.5) is 16.2 Å². The van der Waals surface area contributed by atoms with E-state index in [1.807, 2.05) is 30.3 Å².